The Morgan fingerprint density at radius 2 is 2.00 bits per heavy atom. The second-order valence-electron chi connectivity index (χ2n) is 5.25. The van der Waals surface area contributed by atoms with Crippen molar-refractivity contribution >= 4 is 29.9 Å². The van der Waals surface area contributed by atoms with E-state index in [0.29, 0.717) is 11.3 Å². The molecule has 0 aliphatic heterocycles. The van der Waals surface area contributed by atoms with Crippen LogP contribution in [0, 0.1) is 12.8 Å². The van der Waals surface area contributed by atoms with Gasteiger partial charge < -0.3 is 16.0 Å². The van der Waals surface area contributed by atoms with Gasteiger partial charge >= 0.3 is 0 Å². The minimum Gasteiger partial charge on any atom is -0.355 e. The molecule has 0 saturated heterocycles. The highest BCUT2D eigenvalue weighted by atomic mass is 35.5. The van der Waals surface area contributed by atoms with Crippen LogP contribution >= 0.6 is 12.4 Å². The number of benzene rings is 1. The lowest BCUT2D eigenvalue weighted by atomic mass is 10.1. The Kier molecular flexibility index (Phi) is 6.65. The lowest BCUT2D eigenvalue weighted by molar-refractivity contribution is -0.115. The quantitative estimate of drug-likeness (QED) is 0.749. The maximum atomic E-state index is 11.9. The van der Waals surface area contributed by atoms with Crippen molar-refractivity contribution in [3.8, 4) is 0 Å². The van der Waals surface area contributed by atoms with Crippen LogP contribution in [-0.2, 0) is 4.79 Å². The van der Waals surface area contributed by atoms with Gasteiger partial charge in [0.15, 0.2) is 0 Å². The lowest BCUT2D eigenvalue weighted by Gasteiger charge is -2.11. The number of aryl methyl sites for hydroxylation is 1. The third-order valence-corrected chi connectivity index (χ3v) is 3.34. The third-order valence-electron chi connectivity index (χ3n) is 3.34. The molecule has 1 aliphatic carbocycles. The maximum absolute atomic E-state index is 11.9. The number of hydrogen-bond acceptors (Lipinski definition) is 3. The van der Waals surface area contributed by atoms with Crippen molar-refractivity contribution in [3.63, 3.8) is 0 Å². The molecular weight excluding hydrogens is 290 g/mol. The molecule has 0 aromatic heterocycles. The summed E-state index contributed by atoms with van der Waals surface area (Å²) in [5.41, 5.74) is 2.02. The normalized spacial score (nSPS) is 13.2. The minimum absolute atomic E-state index is 0. The average Bonchev–Trinajstić information content (AvgIpc) is 3.24. The van der Waals surface area contributed by atoms with Crippen LogP contribution in [-0.4, -0.2) is 32.0 Å². The van der Waals surface area contributed by atoms with E-state index < -0.39 is 0 Å². The second kappa shape index (κ2) is 8.00. The molecule has 2 amide bonds. The molecule has 1 aliphatic rings. The highest BCUT2D eigenvalue weighted by Crippen LogP contribution is 2.27. The van der Waals surface area contributed by atoms with Crippen LogP contribution in [0.1, 0.15) is 28.8 Å². The van der Waals surface area contributed by atoms with E-state index in [0.717, 1.165) is 18.0 Å². The topological polar surface area (TPSA) is 70.2 Å². The molecule has 0 bridgehead atoms. The van der Waals surface area contributed by atoms with Crippen LogP contribution in [0.25, 0.3) is 0 Å². The number of amides is 2. The third kappa shape index (κ3) is 5.36. The minimum atomic E-state index is -0.199. The Hall–Kier alpha value is -1.59. The highest BCUT2D eigenvalue weighted by molar-refractivity contribution is 6.04. The first-order chi connectivity index (χ1) is 9.60. The maximum Gasteiger partial charge on any atom is 0.253 e. The molecule has 2 rings (SSSR count). The summed E-state index contributed by atoms with van der Waals surface area (Å²) >= 11 is 0. The molecule has 0 spiro atoms. The Bertz CT molecular complexity index is 516. The van der Waals surface area contributed by atoms with Crippen molar-refractivity contribution < 1.29 is 9.59 Å². The van der Waals surface area contributed by atoms with E-state index in [1.165, 1.54) is 12.8 Å². The number of nitrogens with one attached hydrogen (secondary N) is 3. The zero-order valence-electron chi connectivity index (χ0n) is 12.4. The van der Waals surface area contributed by atoms with Crippen LogP contribution in [0.2, 0.25) is 0 Å². The van der Waals surface area contributed by atoms with Crippen molar-refractivity contribution in [3.05, 3.63) is 29.3 Å². The molecule has 0 radical (unpaired) electrons. The van der Waals surface area contributed by atoms with Crippen molar-refractivity contribution in [2.75, 3.05) is 25.5 Å². The van der Waals surface area contributed by atoms with Crippen molar-refractivity contribution in [1.29, 1.82) is 0 Å². The predicted octanol–water partition coefficient (Wildman–Crippen LogP) is 1.71. The molecule has 0 atom stereocenters. The fourth-order valence-electron chi connectivity index (χ4n) is 2.00. The molecule has 1 fully saturated rings. The molecule has 1 saturated carbocycles. The van der Waals surface area contributed by atoms with Crippen LogP contribution in [0.3, 0.4) is 0 Å². The molecule has 3 N–H and O–H groups in total. The zero-order chi connectivity index (χ0) is 14.5. The van der Waals surface area contributed by atoms with E-state index in [2.05, 4.69) is 16.0 Å². The molecule has 1 aromatic rings. The summed E-state index contributed by atoms with van der Waals surface area (Å²) in [6.45, 7) is 3.08. The molecule has 21 heavy (non-hydrogen) atoms. The first-order valence-electron chi connectivity index (χ1n) is 6.93. The van der Waals surface area contributed by atoms with Gasteiger partial charge in [-0.1, -0.05) is 11.6 Å². The van der Waals surface area contributed by atoms with Gasteiger partial charge in [-0.05, 0) is 44.4 Å². The number of hydrogen-bond donors (Lipinski definition) is 3. The van der Waals surface area contributed by atoms with Crippen molar-refractivity contribution in [1.82, 2.24) is 10.6 Å². The van der Waals surface area contributed by atoms with Gasteiger partial charge in [0, 0.05) is 7.05 Å². The number of carbonyl (C=O) groups excluding carboxylic acids is 2. The Morgan fingerprint density at radius 1 is 1.29 bits per heavy atom. The number of rotatable bonds is 6. The summed E-state index contributed by atoms with van der Waals surface area (Å²) in [6, 6.07) is 5.41. The van der Waals surface area contributed by atoms with Gasteiger partial charge in [0.2, 0.25) is 5.91 Å². The van der Waals surface area contributed by atoms with Gasteiger partial charge in [0.1, 0.15) is 0 Å². The second-order valence-corrected chi connectivity index (χ2v) is 5.25. The van der Waals surface area contributed by atoms with E-state index >= 15 is 0 Å². The fraction of sp³-hybridized carbons (Fsp3) is 0.467. The molecule has 0 heterocycles. The number of halogens is 1. The standard InChI is InChI=1S/C15H21N3O2.ClH/c1-10-3-6-13(12(7-10)15(20)16-2)18-14(19)9-17-8-11-4-5-11;/h3,6-7,11,17H,4-5,8-9H2,1-2H3,(H,16,20)(H,18,19);1H. The van der Waals surface area contributed by atoms with E-state index in [1.54, 1.807) is 19.2 Å². The first kappa shape index (κ1) is 17.5. The van der Waals surface area contributed by atoms with Crippen molar-refractivity contribution in [2.45, 2.75) is 19.8 Å². The van der Waals surface area contributed by atoms with Gasteiger partial charge in [0.25, 0.3) is 5.91 Å². The molecule has 5 nitrogen and oxygen atoms in total. The van der Waals surface area contributed by atoms with Crippen LogP contribution < -0.4 is 16.0 Å². The smallest absolute Gasteiger partial charge is 0.253 e. The predicted molar refractivity (Wildman–Crippen MR) is 86.0 cm³/mol. The summed E-state index contributed by atoms with van der Waals surface area (Å²) in [5.74, 6) is 0.415. The monoisotopic (exact) mass is 311 g/mol. The molecule has 6 heteroatoms. The average molecular weight is 312 g/mol. The fourth-order valence-corrected chi connectivity index (χ4v) is 2.00. The van der Waals surface area contributed by atoms with Crippen LogP contribution in [0.4, 0.5) is 5.69 Å². The van der Waals surface area contributed by atoms with Gasteiger partial charge in [-0.3, -0.25) is 9.59 Å². The lowest BCUT2D eigenvalue weighted by Crippen LogP contribution is -2.30. The molecule has 0 unspecified atom stereocenters. The van der Waals surface area contributed by atoms with Gasteiger partial charge in [-0.15, -0.1) is 12.4 Å². The van der Waals surface area contributed by atoms with Gasteiger partial charge in [0.05, 0.1) is 17.8 Å². The van der Waals surface area contributed by atoms with Gasteiger partial charge in [-0.25, -0.2) is 0 Å². The SMILES string of the molecule is CNC(=O)c1cc(C)ccc1NC(=O)CNCC1CC1.Cl. The summed E-state index contributed by atoms with van der Waals surface area (Å²) in [6.07, 6.45) is 2.51. The molecular formula is C15H22ClN3O2. The van der Waals surface area contributed by atoms with E-state index in [9.17, 15) is 9.59 Å². The van der Waals surface area contributed by atoms with Crippen molar-refractivity contribution in [2.24, 2.45) is 5.92 Å². The zero-order valence-corrected chi connectivity index (χ0v) is 13.2. The Labute approximate surface area is 131 Å². The Balaban J connectivity index is 0.00000220. The summed E-state index contributed by atoms with van der Waals surface area (Å²) < 4.78 is 0. The molecule has 1 aromatic carbocycles. The van der Waals surface area contributed by atoms with E-state index in [-0.39, 0.29) is 30.8 Å². The van der Waals surface area contributed by atoms with Gasteiger partial charge in [-0.2, -0.15) is 0 Å². The summed E-state index contributed by atoms with van der Waals surface area (Å²) in [7, 11) is 1.58. The van der Waals surface area contributed by atoms with E-state index in [4.69, 9.17) is 0 Å². The first-order valence-corrected chi connectivity index (χ1v) is 6.93. The molecule has 116 valence electrons. The number of anilines is 1. The summed E-state index contributed by atoms with van der Waals surface area (Å²) in [5, 5.41) is 8.50. The number of carbonyl (C=O) groups is 2. The van der Waals surface area contributed by atoms with Crippen LogP contribution in [0.5, 0.6) is 0 Å². The Morgan fingerprint density at radius 3 is 2.62 bits per heavy atom. The van der Waals surface area contributed by atoms with Crippen LogP contribution in [0.15, 0.2) is 18.2 Å². The highest BCUT2D eigenvalue weighted by Gasteiger charge is 2.20. The van der Waals surface area contributed by atoms with E-state index in [1.807, 2.05) is 13.0 Å². The summed E-state index contributed by atoms with van der Waals surface area (Å²) in [4.78, 5) is 23.7. The largest absolute Gasteiger partial charge is 0.355 e.